The molecule has 0 unspecified atom stereocenters. The molecule has 0 amide bonds. The Morgan fingerprint density at radius 1 is 0.889 bits per heavy atom. The largest absolute Gasteiger partial charge is 0.386 e. The zero-order chi connectivity index (χ0) is 13.3. The molecule has 0 radical (unpaired) electrons. The number of rotatable bonds is 1. The Morgan fingerprint density at radius 2 is 1.44 bits per heavy atom. The van der Waals surface area contributed by atoms with Crippen LogP contribution in [0.3, 0.4) is 0 Å². The van der Waals surface area contributed by atoms with E-state index in [4.69, 9.17) is 4.74 Å². The Kier molecular flexibility index (Phi) is 3.15. The van der Waals surface area contributed by atoms with E-state index in [2.05, 4.69) is 0 Å². The fraction of sp³-hybridized carbons (Fsp3) is 0.200. The molecule has 1 aliphatic rings. The fourth-order valence-corrected chi connectivity index (χ4v) is 2.02. The van der Waals surface area contributed by atoms with Crippen LogP contribution in [0.5, 0.6) is 0 Å². The predicted molar refractivity (Wildman–Crippen MR) is 68.5 cm³/mol. The lowest BCUT2D eigenvalue weighted by Crippen LogP contribution is -1.99. The van der Waals surface area contributed by atoms with Gasteiger partial charge in [0.2, 0.25) is 0 Å². The summed E-state index contributed by atoms with van der Waals surface area (Å²) in [5, 5.41) is 0. The Labute approximate surface area is 106 Å². The number of hydrogen-bond acceptors (Lipinski definition) is 3. The third kappa shape index (κ3) is 1.99. The van der Waals surface area contributed by atoms with Gasteiger partial charge >= 0.3 is 11.9 Å². The van der Waals surface area contributed by atoms with Crippen LogP contribution in [-0.2, 0) is 14.3 Å². The fourth-order valence-electron chi connectivity index (χ4n) is 2.02. The zero-order valence-corrected chi connectivity index (χ0v) is 10.6. The quantitative estimate of drug-likeness (QED) is 0.432. The van der Waals surface area contributed by atoms with Gasteiger partial charge in [-0.15, -0.1) is 0 Å². The molecular formula is C15H14O3. The van der Waals surface area contributed by atoms with Gasteiger partial charge in [0.1, 0.15) is 0 Å². The molecule has 0 aromatic heterocycles. The summed E-state index contributed by atoms with van der Waals surface area (Å²) in [6.45, 7) is 5.42. The van der Waals surface area contributed by atoms with Gasteiger partial charge in [-0.1, -0.05) is 35.9 Å². The standard InChI is InChI=1S/C15H14O3/c1-9(2)12-13(15(17)18-14(12)16)10(3)11-7-5-4-6-8-11/h4-8H,1-3H3/b13-10-. The highest BCUT2D eigenvalue weighted by Crippen LogP contribution is 2.31. The SMILES string of the molecule is CC(C)=C1C(=O)OC(=O)/C1=C(/C)c1ccccc1. The normalized spacial score (nSPS) is 17.8. The molecule has 0 spiro atoms. The van der Waals surface area contributed by atoms with Crippen LogP contribution in [0.2, 0.25) is 0 Å². The van der Waals surface area contributed by atoms with Crippen molar-refractivity contribution in [2.75, 3.05) is 0 Å². The molecule has 1 saturated heterocycles. The van der Waals surface area contributed by atoms with E-state index in [0.29, 0.717) is 11.1 Å². The molecule has 1 aromatic carbocycles. The highest BCUT2D eigenvalue weighted by molar-refractivity contribution is 6.22. The first-order valence-electron chi connectivity index (χ1n) is 5.73. The average Bonchev–Trinajstić information content (AvgIpc) is 2.64. The smallest absolute Gasteiger partial charge is 0.347 e. The molecular weight excluding hydrogens is 228 g/mol. The molecule has 1 aromatic rings. The van der Waals surface area contributed by atoms with Crippen LogP contribution in [0, 0.1) is 0 Å². The van der Waals surface area contributed by atoms with E-state index in [1.165, 1.54) is 0 Å². The van der Waals surface area contributed by atoms with Crippen molar-refractivity contribution in [2.24, 2.45) is 0 Å². The van der Waals surface area contributed by atoms with Crippen molar-refractivity contribution in [3.05, 3.63) is 52.6 Å². The lowest BCUT2D eigenvalue weighted by atomic mass is 9.95. The molecule has 0 aliphatic carbocycles. The Hall–Kier alpha value is -2.16. The molecule has 1 aliphatic heterocycles. The summed E-state index contributed by atoms with van der Waals surface area (Å²) in [7, 11) is 0. The van der Waals surface area contributed by atoms with E-state index in [1.54, 1.807) is 13.8 Å². The summed E-state index contributed by atoms with van der Waals surface area (Å²) in [6.07, 6.45) is 0. The van der Waals surface area contributed by atoms with Crippen molar-refractivity contribution in [3.8, 4) is 0 Å². The minimum absolute atomic E-state index is 0.381. The predicted octanol–water partition coefficient (Wildman–Crippen LogP) is 2.88. The molecule has 3 nitrogen and oxygen atoms in total. The van der Waals surface area contributed by atoms with Crippen LogP contribution in [0.15, 0.2) is 47.1 Å². The first kappa shape index (κ1) is 12.3. The topological polar surface area (TPSA) is 43.4 Å². The van der Waals surface area contributed by atoms with Gasteiger partial charge in [-0.2, -0.15) is 0 Å². The van der Waals surface area contributed by atoms with E-state index in [0.717, 1.165) is 16.7 Å². The molecule has 1 fully saturated rings. The number of cyclic esters (lactones) is 2. The molecule has 0 atom stereocenters. The lowest BCUT2D eigenvalue weighted by molar-refractivity contribution is -0.149. The third-order valence-electron chi connectivity index (χ3n) is 2.93. The summed E-state index contributed by atoms with van der Waals surface area (Å²) in [4.78, 5) is 23.4. The number of allylic oxidation sites excluding steroid dienone is 2. The van der Waals surface area contributed by atoms with Gasteiger partial charge in [0.15, 0.2) is 0 Å². The van der Waals surface area contributed by atoms with Gasteiger partial charge in [-0.25, -0.2) is 9.59 Å². The van der Waals surface area contributed by atoms with E-state index in [1.807, 2.05) is 37.3 Å². The minimum atomic E-state index is -0.558. The number of carbonyl (C=O) groups is 2. The monoisotopic (exact) mass is 242 g/mol. The number of ether oxygens (including phenoxy) is 1. The molecule has 92 valence electrons. The molecule has 3 heteroatoms. The highest BCUT2D eigenvalue weighted by atomic mass is 16.6. The van der Waals surface area contributed by atoms with Gasteiger partial charge in [0.05, 0.1) is 11.1 Å². The molecule has 18 heavy (non-hydrogen) atoms. The van der Waals surface area contributed by atoms with E-state index in [-0.39, 0.29) is 0 Å². The Balaban J connectivity index is 2.65. The average molecular weight is 242 g/mol. The first-order valence-corrected chi connectivity index (χ1v) is 5.73. The third-order valence-corrected chi connectivity index (χ3v) is 2.93. The summed E-state index contributed by atoms with van der Waals surface area (Å²) in [5.41, 5.74) is 3.24. The van der Waals surface area contributed by atoms with Gasteiger partial charge in [-0.05, 0) is 31.9 Å². The van der Waals surface area contributed by atoms with E-state index in [9.17, 15) is 9.59 Å². The summed E-state index contributed by atoms with van der Waals surface area (Å²) >= 11 is 0. The maximum atomic E-state index is 11.8. The van der Waals surface area contributed by atoms with Crippen molar-refractivity contribution in [2.45, 2.75) is 20.8 Å². The summed E-state index contributed by atoms with van der Waals surface area (Å²) in [5.74, 6) is -1.11. The molecule has 0 saturated carbocycles. The van der Waals surface area contributed by atoms with Gasteiger partial charge in [0, 0.05) is 0 Å². The van der Waals surface area contributed by atoms with Crippen molar-refractivity contribution in [3.63, 3.8) is 0 Å². The highest BCUT2D eigenvalue weighted by Gasteiger charge is 2.35. The first-order chi connectivity index (χ1) is 8.52. The number of benzene rings is 1. The van der Waals surface area contributed by atoms with E-state index >= 15 is 0 Å². The maximum absolute atomic E-state index is 11.8. The molecule has 2 rings (SSSR count). The van der Waals surface area contributed by atoms with Gasteiger partial charge in [-0.3, -0.25) is 0 Å². The van der Waals surface area contributed by atoms with Crippen LogP contribution in [0.4, 0.5) is 0 Å². The maximum Gasteiger partial charge on any atom is 0.347 e. The Bertz CT molecular complexity index is 573. The van der Waals surface area contributed by atoms with Crippen molar-refractivity contribution in [1.29, 1.82) is 0 Å². The van der Waals surface area contributed by atoms with Crippen molar-refractivity contribution < 1.29 is 14.3 Å². The van der Waals surface area contributed by atoms with Gasteiger partial charge < -0.3 is 4.74 Å². The van der Waals surface area contributed by atoms with Crippen molar-refractivity contribution in [1.82, 2.24) is 0 Å². The Morgan fingerprint density at radius 3 is 2.00 bits per heavy atom. The second kappa shape index (κ2) is 4.61. The van der Waals surface area contributed by atoms with Crippen LogP contribution >= 0.6 is 0 Å². The second-order valence-corrected chi connectivity index (χ2v) is 4.42. The molecule has 1 heterocycles. The van der Waals surface area contributed by atoms with Crippen LogP contribution in [0.25, 0.3) is 5.57 Å². The van der Waals surface area contributed by atoms with E-state index < -0.39 is 11.9 Å². The number of esters is 2. The van der Waals surface area contributed by atoms with Crippen molar-refractivity contribution >= 4 is 17.5 Å². The second-order valence-electron chi connectivity index (χ2n) is 4.42. The summed E-state index contributed by atoms with van der Waals surface area (Å²) < 4.78 is 4.70. The van der Waals surface area contributed by atoms with Crippen LogP contribution in [0.1, 0.15) is 26.3 Å². The van der Waals surface area contributed by atoms with Gasteiger partial charge in [0.25, 0.3) is 0 Å². The number of hydrogen-bond donors (Lipinski definition) is 0. The van der Waals surface area contributed by atoms with Crippen LogP contribution in [-0.4, -0.2) is 11.9 Å². The number of carbonyl (C=O) groups excluding carboxylic acids is 2. The van der Waals surface area contributed by atoms with Crippen LogP contribution < -0.4 is 0 Å². The molecule has 0 bridgehead atoms. The lowest BCUT2D eigenvalue weighted by Gasteiger charge is -2.05. The zero-order valence-electron chi connectivity index (χ0n) is 10.6. The summed E-state index contributed by atoms with van der Waals surface area (Å²) in [6, 6.07) is 9.50. The minimum Gasteiger partial charge on any atom is -0.386 e. The molecule has 0 N–H and O–H groups in total.